The van der Waals surface area contributed by atoms with E-state index in [1.165, 1.54) is 7.11 Å². The molecular weight excluding hydrogens is 294 g/mol. The smallest absolute Gasteiger partial charge is 0.410 e. The molecule has 0 unspecified atom stereocenters. The highest BCUT2D eigenvalue weighted by atomic mass is 16.6. The second-order valence-electron chi connectivity index (χ2n) is 6.37. The molecule has 1 amide bonds. The topological polar surface area (TPSA) is 55.8 Å². The Hall–Kier alpha value is -2.04. The van der Waals surface area contributed by atoms with E-state index in [9.17, 15) is 9.59 Å². The molecule has 5 nitrogen and oxygen atoms in total. The van der Waals surface area contributed by atoms with Crippen LogP contribution in [0.3, 0.4) is 0 Å². The second-order valence-corrected chi connectivity index (χ2v) is 6.37. The molecule has 0 aromatic heterocycles. The molecule has 1 aliphatic heterocycles. The van der Waals surface area contributed by atoms with Gasteiger partial charge in [-0.05, 0) is 24.3 Å². The van der Waals surface area contributed by atoms with Crippen LogP contribution in [0.4, 0.5) is 4.79 Å². The molecule has 1 aromatic rings. The zero-order valence-corrected chi connectivity index (χ0v) is 14.1. The zero-order valence-electron chi connectivity index (χ0n) is 14.1. The van der Waals surface area contributed by atoms with Crippen LogP contribution in [-0.4, -0.2) is 37.2 Å². The molecule has 1 aliphatic rings. The van der Waals surface area contributed by atoms with E-state index in [0.29, 0.717) is 13.1 Å². The first-order valence-corrected chi connectivity index (χ1v) is 8.03. The number of benzene rings is 1. The van der Waals surface area contributed by atoms with Crippen LogP contribution in [0, 0.1) is 11.3 Å². The Morgan fingerprint density at radius 3 is 2.57 bits per heavy atom. The number of ether oxygens (including phenoxy) is 2. The Morgan fingerprint density at radius 1 is 1.26 bits per heavy atom. The molecule has 1 fully saturated rings. The van der Waals surface area contributed by atoms with Crippen molar-refractivity contribution < 1.29 is 19.1 Å². The molecule has 0 bridgehead atoms. The van der Waals surface area contributed by atoms with E-state index in [4.69, 9.17) is 9.47 Å². The third-order valence-electron chi connectivity index (χ3n) is 4.68. The van der Waals surface area contributed by atoms with Gasteiger partial charge in [0, 0.05) is 13.1 Å². The minimum absolute atomic E-state index is 0.0969. The average molecular weight is 319 g/mol. The Morgan fingerprint density at radius 2 is 1.96 bits per heavy atom. The number of methoxy groups -OCH3 is 1. The van der Waals surface area contributed by atoms with Gasteiger partial charge in [0.25, 0.3) is 0 Å². The number of nitrogens with zero attached hydrogens (tertiary/aromatic N) is 1. The highest BCUT2D eigenvalue weighted by Crippen LogP contribution is 2.38. The maximum Gasteiger partial charge on any atom is 0.410 e. The molecule has 126 valence electrons. The quantitative estimate of drug-likeness (QED) is 0.800. The number of carbonyl (C=O) groups excluding carboxylic acids is 2. The van der Waals surface area contributed by atoms with Crippen molar-refractivity contribution >= 4 is 12.1 Å². The lowest BCUT2D eigenvalue weighted by atomic mass is 9.71. The van der Waals surface area contributed by atoms with Gasteiger partial charge in [0.1, 0.15) is 6.61 Å². The van der Waals surface area contributed by atoms with E-state index in [0.717, 1.165) is 18.4 Å². The van der Waals surface area contributed by atoms with Gasteiger partial charge in [0.15, 0.2) is 0 Å². The van der Waals surface area contributed by atoms with E-state index >= 15 is 0 Å². The highest BCUT2D eigenvalue weighted by molar-refractivity contribution is 5.79. The third-order valence-corrected chi connectivity index (χ3v) is 4.68. The summed E-state index contributed by atoms with van der Waals surface area (Å²) in [6.07, 6.45) is 1.13. The molecule has 5 heteroatoms. The molecule has 1 atom stereocenters. The van der Waals surface area contributed by atoms with Gasteiger partial charge in [-0.1, -0.05) is 44.2 Å². The summed E-state index contributed by atoms with van der Waals surface area (Å²) < 4.78 is 10.4. The van der Waals surface area contributed by atoms with Crippen molar-refractivity contribution in [3.8, 4) is 0 Å². The molecule has 0 aliphatic carbocycles. The van der Waals surface area contributed by atoms with Gasteiger partial charge in [-0.15, -0.1) is 0 Å². The standard InChI is InChI=1S/C18H25NO4/c1-14(2)18(16(20)22-3)10-7-11-19(13-18)17(21)23-12-15-8-5-4-6-9-15/h4-6,8-9,14H,7,10-13H2,1-3H3/t18-/m0/s1. The fraction of sp³-hybridized carbons (Fsp3) is 0.556. The second kappa shape index (κ2) is 7.49. The number of likely N-dealkylation sites (tertiary alicyclic amines) is 1. The minimum Gasteiger partial charge on any atom is -0.469 e. The molecule has 0 radical (unpaired) electrons. The van der Waals surface area contributed by atoms with Crippen molar-refractivity contribution in [3.05, 3.63) is 35.9 Å². The average Bonchev–Trinajstić information content (AvgIpc) is 2.59. The Balaban J connectivity index is 2.02. The first-order chi connectivity index (χ1) is 11.0. The monoisotopic (exact) mass is 319 g/mol. The summed E-state index contributed by atoms with van der Waals surface area (Å²) in [6, 6.07) is 9.56. The van der Waals surface area contributed by atoms with Crippen molar-refractivity contribution in [2.45, 2.75) is 33.3 Å². The lowest BCUT2D eigenvalue weighted by Gasteiger charge is -2.42. The predicted octanol–water partition coefficient (Wildman–Crippen LogP) is 3.23. The number of amides is 1. The van der Waals surface area contributed by atoms with Crippen LogP contribution in [-0.2, 0) is 20.9 Å². The van der Waals surface area contributed by atoms with Crippen molar-refractivity contribution in [1.29, 1.82) is 0 Å². The van der Waals surface area contributed by atoms with Gasteiger partial charge < -0.3 is 14.4 Å². The van der Waals surface area contributed by atoms with Gasteiger partial charge >= 0.3 is 12.1 Å². The van der Waals surface area contributed by atoms with Crippen LogP contribution in [0.15, 0.2) is 30.3 Å². The van der Waals surface area contributed by atoms with E-state index in [1.807, 2.05) is 44.2 Å². The van der Waals surface area contributed by atoms with Crippen molar-refractivity contribution in [2.75, 3.05) is 20.2 Å². The molecular formula is C18H25NO4. The van der Waals surface area contributed by atoms with E-state index < -0.39 is 5.41 Å². The number of rotatable bonds is 4. The molecule has 0 N–H and O–H groups in total. The molecule has 0 spiro atoms. The molecule has 1 aromatic carbocycles. The summed E-state index contributed by atoms with van der Waals surface area (Å²) in [5.41, 5.74) is 0.305. The summed E-state index contributed by atoms with van der Waals surface area (Å²) in [4.78, 5) is 26.2. The summed E-state index contributed by atoms with van der Waals surface area (Å²) >= 11 is 0. The normalized spacial score (nSPS) is 21.1. The van der Waals surface area contributed by atoms with Crippen LogP contribution in [0.5, 0.6) is 0 Å². The van der Waals surface area contributed by atoms with Crippen molar-refractivity contribution in [1.82, 2.24) is 4.90 Å². The molecule has 0 saturated carbocycles. The predicted molar refractivity (Wildman–Crippen MR) is 86.7 cm³/mol. The van der Waals surface area contributed by atoms with E-state index in [-0.39, 0.29) is 24.6 Å². The number of esters is 1. The van der Waals surface area contributed by atoms with Crippen molar-refractivity contribution in [3.63, 3.8) is 0 Å². The molecule has 1 heterocycles. The number of piperidine rings is 1. The summed E-state index contributed by atoms with van der Waals surface area (Å²) in [5.74, 6) is -0.146. The van der Waals surface area contributed by atoms with Crippen LogP contribution in [0.2, 0.25) is 0 Å². The lowest BCUT2D eigenvalue weighted by Crippen LogP contribution is -2.53. The van der Waals surface area contributed by atoms with Crippen molar-refractivity contribution in [2.24, 2.45) is 11.3 Å². The van der Waals surface area contributed by atoms with Crippen LogP contribution in [0.1, 0.15) is 32.3 Å². The Kier molecular flexibility index (Phi) is 5.64. The van der Waals surface area contributed by atoms with Crippen LogP contribution >= 0.6 is 0 Å². The van der Waals surface area contributed by atoms with Gasteiger partial charge in [0.2, 0.25) is 0 Å². The maximum absolute atomic E-state index is 12.3. The van der Waals surface area contributed by atoms with E-state index in [2.05, 4.69) is 0 Å². The Bertz CT molecular complexity index is 543. The first kappa shape index (κ1) is 17.3. The lowest BCUT2D eigenvalue weighted by molar-refractivity contribution is -0.159. The van der Waals surface area contributed by atoms with Gasteiger partial charge in [-0.25, -0.2) is 4.79 Å². The number of hydrogen-bond donors (Lipinski definition) is 0. The fourth-order valence-electron chi connectivity index (χ4n) is 3.13. The summed E-state index contributed by atoms with van der Waals surface area (Å²) in [6.45, 7) is 5.19. The zero-order chi connectivity index (χ0) is 16.9. The van der Waals surface area contributed by atoms with Gasteiger partial charge in [0.05, 0.1) is 12.5 Å². The third kappa shape index (κ3) is 3.84. The first-order valence-electron chi connectivity index (χ1n) is 8.03. The molecule has 2 rings (SSSR count). The van der Waals surface area contributed by atoms with Gasteiger partial charge in [-0.2, -0.15) is 0 Å². The number of hydrogen-bond acceptors (Lipinski definition) is 4. The highest BCUT2D eigenvalue weighted by Gasteiger charge is 2.47. The fourth-order valence-corrected chi connectivity index (χ4v) is 3.13. The number of carbonyl (C=O) groups is 2. The summed E-state index contributed by atoms with van der Waals surface area (Å²) in [7, 11) is 1.40. The largest absolute Gasteiger partial charge is 0.469 e. The van der Waals surface area contributed by atoms with Gasteiger partial charge in [-0.3, -0.25) is 4.79 Å². The van der Waals surface area contributed by atoms with Crippen LogP contribution < -0.4 is 0 Å². The minimum atomic E-state index is -0.640. The Labute approximate surface area is 137 Å². The maximum atomic E-state index is 12.3. The molecule has 23 heavy (non-hydrogen) atoms. The SMILES string of the molecule is COC(=O)[C@@]1(C(C)C)CCCN(C(=O)OCc2ccccc2)C1. The molecule has 1 saturated heterocycles. The van der Waals surface area contributed by atoms with E-state index in [1.54, 1.807) is 4.90 Å². The summed E-state index contributed by atoms with van der Waals surface area (Å²) in [5, 5.41) is 0. The van der Waals surface area contributed by atoms with Crippen LogP contribution in [0.25, 0.3) is 0 Å².